The van der Waals surface area contributed by atoms with Crippen LogP contribution in [0.15, 0.2) is 58.7 Å². The van der Waals surface area contributed by atoms with Gasteiger partial charge in [0.15, 0.2) is 5.13 Å². The second-order valence-electron chi connectivity index (χ2n) is 4.59. The van der Waals surface area contributed by atoms with Crippen LogP contribution in [0.3, 0.4) is 0 Å². The molecule has 2 heterocycles. The summed E-state index contributed by atoms with van der Waals surface area (Å²) in [5, 5.41) is 5.14. The summed E-state index contributed by atoms with van der Waals surface area (Å²) < 4.78 is 10.5. The third kappa shape index (κ3) is 3.67. The Hall–Kier alpha value is -2.86. The molecule has 0 aliphatic carbocycles. The molecule has 6 heteroatoms. The van der Waals surface area contributed by atoms with Crippen LogP contribution in [0, 0.1) is 0 Å². The second-order valence-corrected chi connectivity index (χ2v) is 5.49. The molecule has 0 spiro atoms. The van der Waals surface area contributed by atoms with Crippen molar-refractivity contribution < 1.29 is 13.9 Å². The fourth-order valence-corrected chi connectivity index (χ4v) is 2.54. The van der Waals surface area contributed by atoms with Crippen molar-refractivity contribution in [2.24, 2.45) is 0 Å². The zero-order chi connectivity index (χ0) is 16.1. The molecule has 0 fully saturated rings. The molecule has 0 saturated carbocycles. The van der Waals surface area contributed by atoms with Gasteiger partial charge in [0, 0.05) is 11.6 Å². The molecular formula is C17H14N2O3S. The van der Waals surface area contributed by atoms with E-state index in [1.54, 1.807) is 43.2 Å². The summed E-state index contributed by atoms with van der Waals surface area (Å²) in [6, 6.07) is 10.8. The van der Waals surface area contributed by atoms with Gasteiger partial charge in [-0.3, -0.25) is 10.1 Å². The number of nitrogens with zero attached hydrogens (tertiary/aromatic N) is 1. The minimum Gasteiger partial charge on any atom is -0.497 e. The first-order valence-electron chi connectivity index (χ1n) is 6.87. The van der Waals surface area contributed by atoms with Gasteiger partial charge < -0.3 is 9.15 Å². The largest absolute Gasteiger partial charge is 0.497 e. The summed E-state index contributed by atoms with van der Waals surface area (Å²) in [5.41, 5.74) is 1.24. The quantitative estimate of drug-likeness (QED) is 0.722. The Balaban J connectivity index is 1.94. The van der Waals surface area contributed by atoms with Crippen LogP contribution in [0.5, 0.6) is 5.75 Å². The number of thiazole rings is 1. The van der Waals surface area contributed by atoms with Crippen molar-refractivity contribution in [2.75, 3.05) is 12.4 Å². The lowest BCUT2D eigenvalue weighted by molar-refractivity contribution is -0.111. The Morgan fingerprint density at radius 1 is 1.30 bits per heavy atom. The summed E-state index contributed by atoms with van der Waals surface area (Å²) >= 11 is 1.36. The predicted molar refractivity (Wildman–Crippen MR) is 90.3 cm³/mol. The van der Waals surface area contributed by atoms with Crippen molar-refractivity contribution in [1.29, 1.82) is 0 Å². The Morgan fingerprint density at radius 2 is 2.13 bits per heavy atom. The molecule has 0 saturated heterocycles. The highest BCUT2D eigenvalue weighted by atomic mass is 32.1. The van der Waals surface area contributed by atoms with Gasteiger partial charge in [-0.2, -0.15) is 0 Å². The lowest BCUT2D eigenvalue weighted by atomic mass is 10.0. The second kappa shape index (κ2) is 6.93. The van der Waals surface area contributed by atoms with E-state index in [0.29, 0.717) is 16.5 Å². The van der Waals surface area contributed by atoms with Gasteiger partial charge in [0.2, 0.25) is 0 Å². The van der Waals surface area contributed by atoms with Crippen LogP contribution in [-0.2, 0) is 4.79 Å². The van der Waals surface area contributed by atoms with Gasteiger partial charge in [0.1, 0.15) is 11.5 Å². The van der Waals surface area contributed by atoms with Crippen LogP contribution in [0.2, 0.25) is 0 Å². The highest BCUT2D eigenvalue weighted by Gasteiger charge is 2.14. The number of methoxy groups -OCH3 is 1. The number of carbonyl (C=O) groups excluding carboxylic acids is 1. The predicted octanol–water partition coefficient (Wildman–Crippen LogP) is 3.92. The number of nitrogens with one attached hydrogen (secondary N) is 1. The average molecular weight is 326 g/mol. The molecule has 5 nitrogen and oxygen atoms in total. The Bertz CT molecular complexity index is 791. The van der Waals surface area contributed by atoms with Crippen LogP contribution < -0.4 is 10.1 Å². The molecule has 3 aromatic rings. The van der Waals surface area contributed by atoms with Crippen LogP contribution >= 0.6 is 11.3 Å². The van der Waals surface area contributed by atoms with E-state index >= 15 is 0 Å². The summed E-state index contributed by atoms with van der Waals surface area (Å²) in [6.45, 7) is 0. The molecule has 0 bridgehead atoms. The standard InChI is InChI=1S/C17H14N2O3S/c1-21-13-6-4-12(5-7-13)15(11-14-3-2-9-22-14)16(20)19-17-18-8-10-23-17/h2-11H,1H3,(H,18,19,20). The summed E-state index contributed by atoms with van der Waals surface area (Å²) in [5.74, 6) is 1.08. The minimum atomic E-state index is -0.249. The third-order valence-corrected chi connectivity index (χ3v) is 3.82. The molecule has 1 N–H and O–H groups in total. The Morgan fingerprint density at radius 3 is 2.74 bits per heavy atom. The number of carbonyl (C=O) groups is 1. The number of rotatable bonds is 5. The molecule has 2 aromatic heterocycles. The van der Waals surface area contributed by atoms with Crippen molar-refractivity contribution in [3.8, 4) is 5.75 Å². The van der Waals surface area contributed by atoms with E-state index < -0.39 is 0 Å². The smallest absolute Gasteiger partial charge is 0.258 e. The number of amides is 1. The molecule has 0 aliphatic rings. The van der Waals surface area contributed by atoms with Crippen LogP contribution in [-0.4, -0.2) is 18.0 Å². The molecule has 3 rings (SSSR count). The highest BCUT2D eigenvalue weighted by Crippen LogP contribution is 2.23. The summed E-state index contributed by atoms with van der Waals surface area (Å²) in [4.78, 5) is 16.7. The van der Waals surface area contributed by atoms with E-state index in [2.05, 4.69) is 10.3 Å². The first kappa shape index (κ1) is 15.1. The van der Waals surface area contributed by atoms with Crippen molar-refractivity contribution in [1.82, 2.24) is 4.98 Å². The lowest BCUT2D eigenvalue weighted by Gasteiger charge is -2.08. The number of anilines is 1. The Labute approximate surface area is 137 Å². The zero-order valence-electron chi connectivity index (χ0n) is 12.4. The maximum atomic E-state index is 12.6. The average Bonchev–Trinajstić information content (AvgIpc) is 3.26. The van der Waals surface area contributed by atoms with Crippen LogP contribution in [0.4, 0.5) is 5.13 Å². The Kier molecular flexibility index (Phi) is 4.54. The van der Waals surface area contributed by atoms with Crippen LogP contribution in [0.25, 0.3) is 11.6 Å². The molecule has 0 aliphatic heterocycles. The molecule has 116 valence electrons. The molecule has 0 radical (unpaired) electrons. The lowest BCUT2D eigenvalue weighted by Crippen LogP contribution is -2.13. The molecular weight excluding hydrogens is 312 g/mol. The number of furan rings is 1. The molecule has 0 unspecified atom stereocenters. The van der Waals surface area contributed by atoms with E-state index in [0.717, 1.165) is 11.3 Å². The van der Waals surface area contributed by atoms with Gasteiger partial charge >= 0.3 is 0 Å². The first-order valence-corrected chi connectivity index (χ1v) is 7.75. The van der Waals surface area contributed by atoms with Crippen molar-refractivity contribution >= 4 is 34.0 Å². The van der Waals surface area contributed by atoms with E-state index in [4.69, 9.17) is 9.15 Å². The topological polar surface area (TPSA) is 64.4 Å². The van der Waals surface area contributed by atoms with Gasteiger partial charge in [-0.05, 0) is 35.9 Å². The van der Waals surface area contributed by atoms with E-state index in [-0.39, 0.29) is 5.91 Å². The van der Waals surface area contributed by atoms with Gasteiger partial charge in [0.25, 0.3) is 5.91 Å². The van der Waals surface area contributed by atoms with E-state index in [1.165, 1.54) is 11.3 Å². The van der Waals surface area contributed by atoms with E-state index in [1.807, 2.05) is 24.3 Å². The van der Waals surface area contributed by atoms with Gasteiger partial charge in [-0.1, -0.05) is 12.1 Å². The van der Waals surface area contributed by atoms with Gasteiger partial charge in [0.05, 0.1) is 18.9 Å². The molecule has 23 heavy (non-hydrogen) atoms. The SMILES string of the molecule is COc1ccc(C(=Cc2ccco2)C(=O)Nc2nccs2)cc1. The van der Waals surface area contributed by atoms with Crippen LogP contribution in [0.1, 0.15) is 11.3 Å². The van der Waals surface area contributed by atoms with Crippen molar-refractivity contribution in [3.63, 3.8) is 0 Å². The maximum absolute atomic E-state index is 12.6. The number of hydrogen-bond acceptors (Lipinski definition) is 5. The number of aromatic nitrogens is 1. The molecule has 0 atom stereocenters. The van der Waals surface area contributed by atoms with Gasteiger partial charge in [-0.15, -0.1) is 11.3 Å². The summed E-state index contributed by atoms with van der Waals surface area (Å²) in [7, 11) is 1.60. The number of benzene rings is 1. The fourth-order valence-electron chi connectivity index (χ4n) is 2.02. The zero-order valence-corrected chi connectivity index (χ0v) is 13.2. The number of ether oxygens (including phenoxy) is 1. The minimum absolute atomic E-state index is 0.249. The molecule has 1 aromatic carbocycles. The summed E-state index contributed by atoms with van der Waals surface area (Å²) in [6.07, 6.45) is 4.91. The number of hydrogen-bond donors (Lipinski definition) is 1. The third-order valence-electron chi connectivity index (χ3n) is 3.13. The fraction of sp³-hybridized carbons (Fsp3) is 0.0588. The van der Waals surface area contributed by atoms with Crippen molar-refractivity contribution in [2.45, 2.75) is 0 Å². The first-order chi connectivity index (χ1) is 11.3. The highest BCUT2D eigenvalue weighted by molar-refractivity contribution is 7.13. The normalized spacial score (nSPS) is 11.3. The maximum Gasteiger partial charge on any atom is 0.258 e. The van der Waals surface area contributed by atoms with Crippen molar-refractivity contribution in [3.05, 3.63) is 65.6 Å². The van der Waals surface area contributed by atoms with Gasteiger partial charge in [-0.25, -0.2) is 4.98 Å². The van der Waals surface area contributed by atoms with E-state index in [9.17, 15) is 4.79 Å². The molecule has 1 amide bonds. The monoisotopic (exact) mass is 326 g/mol.